The minimum absolute atomic E-state index is 0.168. The van der Waals surface area contributed by atoms with Gasteiger partial charge in [-0.25, -0.2) is 0 Å². The molecule has 0 aliphatic heterocycles. The summed E-state index contributed by atoms with van der Waals surface area (Å²) in [6.07, 6.45) is -3.20. The Kier molecular flexibility index (Phi) is 3.40. The van der Waals surface area contributed by atoms with Crippen LogP contribution in [0.1, 0.15) is 11.4 Å². The highest BCUT2D eigenvalue weighted by atomic mass is 79.9. The molecule has 8 heteroatoms. The quantitative estimate of drug-likeness (QED) is 0.924. The van der Waals surface area contributed by atoms with Gasteiger partial charge in [0.15, 0.2) is 5.82 Å². The van der Waals surface area contributed by atoms with Crippen molar-refractivity contribution in [2.45, 2.75) is 12.8 Å². The SMILES string of the molecule is OCc1nncn1-c1cc(Br)cc(C(F)(F)F)c1. The lowest BCUT2D eigenvalue weighted by atomic mass is 10.2. The third-order valence-corrected chi connectivity index (χ3v) is 2.71. The summed E-state index contributed by atoms with van der Waals surface area (Å²) in [6.45, 7) is -0.409. The minimum Gasteiger partial charge on any atom is -0.388 e. The van der Waals surface area contributed by atoms with Gasteiger partial charge in [0, 0.05) is 4.47 Å². The van der Waals surface area contributed by atoms with Crippen LogP contribution in [0.15, 0.2) is 29.0 Å². The summed E-state index contributed by atoms with van der Waals surface area (Å²) in [5, 5.41) is 16.2. The van der Waals surface area contributed by atoms with Crippen LogP contribution in [0.3, 0.4) is 0 Å². The average Bonchev–Trinajstić information content (AvgIpc) is 2.74. The summed E-state index contributed by atoms with van der Waals surface area (Å²) >= 11 is 3.02. The second kappa shape index (κ2) is 4.69. The van der Waals surface area contributed by atoms with Crippen molar-refractivity contribution in [2.24, 2.45) is 0 Å². The number of hydrogen-bond acceptors (Lipinski definition) is 3. The first-order chi connectivity index (χ1) is 8.41. The number of benzene rings is 1. The van der Waals surface area contributed by atoms with Crippen LogP contribution in [0.4, 0.5) is 13.2 Å². The number of nitrogens with zero attached hydrogens (tertiary/aromatic N) is 3. The second-order valence-corrected chi connectivity index (χ2v) is 4.39. The molecule has 4 nitrogen and oxygen atoms in total. The van der Waals surface area contributed by atoms with Gasteiger partial charge < -0.3 is 5.11 Å². The maximum absolute atomic E-state index is 12.7. The largest absolute Gasteiger partial charge is 0.416 e. The molecule has 1 heterocycles. The van der Waals surface area contributed by atoms with E-state index >= 15 is 0 Å². The van der Waals surface area contributed by atoms with E-state index in [0.29, 0.717) is 0 Å². The average molecular weight is 322 g/mol. The predicted octanol–water partition coefficient (Wildman–Crippen LogP) is 2.54. The van der Waals surface area contributed by atoms with E-state index in [1.807, 2.05) is 0 Å². The van der Waals surface area contributed by atoms with Crippen LogP contribution in [0, 0.1) is 0 Å². The molecule has 1 aromatic carbocycles. The van der Waals surface area contributed by atoms with Crippen molar-refractivity contribution in [3.8, 4) is 5.69 Å². The van der Waals surface area contributed by atoms with E-state index in [0.717, 1.165) is 12.1 Å². The fraction of sp³-hybridized carbons (Fsp3) is 0.200. The predicted molar refractivity (Wildman–Crippen MR) is 60.0 cm³/mol. The minimum atomic E-state index is -4.44. The maximum atomic E-state index is 12.7. The Balaban J connectivity index is 2.56. The molecule has 0 aliphatic rings. The third kappa shape index (κ3) is 2.54. The van der Waals surface area contributed by atoms with Crippen molar-refractivity contribution in [1.82, 2.24) is 14.8 Å². The van der Waals surface area contributed by atoms with E-state index in [1.54, 1.807) is 0 Å². The molecule has 0 atom stereocenters. The van der Waals surface area contributed by atoms with E-state index in [1.165, 1.54) is 17.0 Å². The molecule has 0 unspecified atom stereocenters. The highest BCUT2D eigenvalue weighted by Gasteiger charge is 2.31. The number of halogens is 4. The molecule has 0 aliphatic carbocycles. The topological polar surface area (TPSA) is 50.9 Å². The molecule has 0 saturated heterocycles. The summed E-state index contributed by atoms with van der Waals surface area (Å²) in [5.41, 5.74) is -0.560. The number of hydrogen-bond donors (Lipinski definition) is 1. The number of alkyl halides is 3. The Morgan fingerprint density at radius 2 is 2.00 bits per heavy atom. The van der Waals surface area contributed by atoms with Crippen molar-refractivity contribution >= 4 is 15.9 Å². The van der Waals surface area contributed by atoms with Gasteiger partial charge in [-0.2, -0.15) is 13.2 Å². The van der Waals surface area contributed by atoms with Gasteiger partial charge in [-0.15, -0.1) is 10.2 Å². The maximum Gasteiger partial charge on any atom is 0.416 e. The summed E-state index contributed by atoms with van der Waals surface area (Å²) in [5.74, 6) is 0.168. The first-order valence-corrected chi connectivity index (χ1v) is 5.59. The van der Waals surface area contributed by atoms with Gasteiger partial charge in [-0.3, -0.25) is 4.57 Å². The number of rotatable bonds is 2. The molecule has 2 aromatic rings. The molecule has 0 amide bonds. The van der Waals surface area contributed by atoms with Crippen LogP contribution in [-0.2, 0) is 12.8 Å². The summed E-state index contributed by atoms with van der Waals surface area (Å²) in [4.78, 5) is 0. The molecule has 0 fully saturated rings. The van der Waals surface area contributed by atoms with Gasteiger partial charge in [-0.05, 0) is 18.2 Å². The zero-order valence-electron chi connectivity index (χ0n) is 8.82. The number of aliphatic hydroxyl groups is 1. The van der Waals surface area contributed by atoms with Crippen molar-refractivity contribution in [1.29, 1.82) is 0 Å². The summed E-state index contributed by atoms with van der Waals surface area (Å²) in [7, 11) is 0. The first-order valence-electron chi connectivity index (χ1n) is 4.79. The van der Waals surface area contributed by atoms with Crippen molar-refractivity contribution in [3.05, 3.63) is 40.4 Å². The Labute approximate surface area is 108 Å². The smallest absolute Gasteiger partial charge is 0.388 e. The molecule has 1 N–H and O–H groups in total. The Bertz CT molecular complexity index is 568. The Hall–Kier alpha value is -1.41. The molecule has 1 aromatic heterocycles. The summed E-state index contributed by atoms with van der Waals surface area (Å²) < 4.78 is 39.6. The number of aliphatic hydroxyl groups excluding tert-OH is 1. The Morgan fingerprint density at radius 3 is 2.61 bits per heavy atom. The lowest BCUT2D eigenvalue weighted by Crippen LogP contribution is -2.07. The van der Waals surface area contributed by atoms with Crippen LogP contribution in [0.25, 0.3) is 5.69 Å². The molecule has 0 bridgehead atoms. The molecule has 0 radical (unpaired) electrons. The van der Waals surface area contributed by atoms with Crippen molar-refractivity contribution in [3.63, 3.8) is 0 Å². The van der Waals surface area contributed by atoms with E-state index in [4.69, 9.17) is 5.11 Å². The monoisotopic (exact) mass is 321 g/mol. The van der Waals surface area contributed by atoms with Gasteiger partial charge >= 0.3 is 6.18 Å². The molecule has 2 rings (SSSR count). The van der Waals surface area contributed by atoms with E-state index < -0.39 is 18.3 Å². The van der Waals surface area contributed by atoms with Crippen LogP contribution < -0.4 is 0 Å². The normalized spacial score (nSPS) is 11.8. The number of aromatic nitrogens is 3. The van der Waals surface area contributed by atoms with Crippen LogP contribution in [0.5, 0.6) is 0 Å². The third-order valence-electron chi connectivity index (χ3n) is 2.25. The fourth-order valence-electron chi connectivity index (χ4n) is 1.46. The molecular formula is C10H7BrF3N3O. The lowest BCUT2D eigenvalue weighted by molar-refractivity contribution is -0.137. The highest BCUT2D eigenvalue weighted by Crippen LogP contribution is 2.33. The lowest BCUT2D eigenvalue weighted by Gasteiger charge is -2.11. The molecule has 0 spiro atoms. The van der Waals surface area contributed by atoms with Crippen LogP contribution in [-0.4, -0.2) is 19.9 Å². The summed E-state index contributed by atoms with van der Waals surface area (Å²) in [6, 6.07) is 3.43. The van der Waals surface area contributed by atoms with Crippen molar-refractivity contribution < 1.29 is 18.3 Å². The second-order valence-electron chi connectivity index (χ2n) is 3.47. The zero-order valence-corrected chi connectivity index (χ0v) is 10.4. The van der Waals surface area contributed by atoms with E-state index in [9.17, 15) is 13.2 Å². The van der Waals surface area contributed by atoms with Crippen molar-refractivity contribution in [2.75, 3.05) is 0 Å². The highest BCUT2D eigenvalue weighted by molar-refractivity contribution is 9.10. The molecule has 96 valence electrons. The fourth-order valence-corrected chi connectivity index (χ4v) is 1.94. The van der Waals surface area contributed by atoms with Crippen LogP contribution >= 0.6 is 15.9 Å². The van der Waals surface area contributed by atoms with Gasteiger partial charge in [0.05, 0.1) is 11.3 Å². The standard InChI is InChI=1S/C10H7BrF3N3O/c11-7-1-6(10(12,13)14)2-8(3-7)17-5-15-16-9(17)4-18/h1-3,5,18H,4H2. The van der Waals surface area contributed by atoms with Gasteiger partial charge in [-0.1, -0.05) is 15.9 Å². The Morgan fingerprint density at radius 1 is 1.28 bits per heavy atom. The van der Waals surface area contributed by atoms with Gasteiger partial charge in [0.25, 0.3) is 0 Å². The van der Waals surface area contributed by atoms with Crippen LogP contribution in [0.2, 0.25) is 0 Å². The molecule has 0 saturated carbocycles. The molecular weight excluding hydrogens is 315 g/mol. The van der Waals surface area contributed by atoms with Gasteiger partial charge in [0.1, 0.15) is 12.9 Å². The van der Waals surface area contributed by atoms with E-state index in [2.05, 4.69) is 26.1 Å². The van der Waals surface area contributed by atoms with Gasteiger partial charge in [0.2, 0.25) is 0 Å². The zero-order chi connectivity index (χ0) is 13.3. The van der Waals surface area contributed by atoms with E-state index in [-0.39, 0.29) is 16.0 Å². The first kappa shape index (κ1) is 13.0. The molecule has 18 heavy (non-hydrogen) atoms.